The number of carbonyl (C=O) groups is 2. The lowest BCUT2D eigenvalue weighted by Crippen LogP contribution is -2.74. The Balaban J connectivity index is 6.24. The van der Waals surface area contributed by atoms with Gasteiger partial charge in [0.15, 0.2) is 0 Å². The maximum Gasteiger partial charge on any atom is 0.460 e. The molecular weight excluding hydrogens is 1050 g/mol. The van der Waals surface area contributed by atoms with Crippen molar-refractivity contribution in [3.05, 3.63) is 0 Å². The van der Waals surface area contributed by atoms with Gasteiger partial charge in [0.05, 0.1) is 11.8 Å². The van der Waals surface area contributed by atoms with Crippen LogP contribution >= 0.6 is 0 Å². The van der Waals surface area contributed by atoms with Crippen LogP contribution in [0.15, 0.2) is 0 Å². The lowest BCUT2D eigenvalue weighted by molar-refractivity contribution is -0.461. The molecule has 0 aliphatic rings. The van der Waals surface area contributed by atoms with Gasteiger partial charge in [-0.25, -0.2) is 0 Å². The Hall–Kier alpha value is -3.44. The summed E-state index contributed by atoms with van der Waals surface area (Å²) in [6.07, 6.45) is -32.5. The molecule has 0 aliphatic carbocycles. The first-order valence-corrected chi connectivity index (χ1v) is 16.2. The van der Waals surface area contributed by atoms with E-state index in [1.165, 1.54) is 0 Å². The van der Waals surface area contributed by atoms with Gasteiger partial charge in [0, 0.05) is 12.8 Å². The van der Waals surface area contributed by atoms with E-state index < -0.39 is 170 Å². The van der Waals surface area contributed by atoms with Gasteiger partial charge in [0.2, 0.25) is 0 Å². The summed E-state index contributed by atoms with van der Waals surface area (Å²) in [6, 6.07) is 0. The summed E-state index contributed by atoms with van der Waals surface area (Å²) in [5.74, 6) is -129. The maximum atomic E-state index is 14.2. The molecule has 2 N–H and O–H groups in total. The van der Waals surface area contributed by atoms with Crippen LogP contribution in [0.3, 0.4) is 0 Å². The second kappa shape index (κ2) is 17.8. The quantitative estimate of drug-likeness (QED) is 0.0706. The van der Waals surface area contributed by atoms with Crippen molar-refractivity contribution in [3.63, 3.8) is 0 Å². The van der Waals surface area contributed by atoms with Crippen LogP contribution < -0.4 is 0 Å². The van der Waals surface area contributed by atoms with E-state index in [4.69, 9.17) is 10.2 Å². The fourth-order valence-corrected chi connectivity index (χ4v) is 4.98. The summed E-state index contributed by atoms with van der Waals surface area (Å²) in [4.78, 5) is 22.7. The van der Waals surface area contributed by atoms with E-state index in [1.807, 2.05) is 0 Å². The predicted molar refractivity (Wildman–Crippen MR) is 141 cm³/mol. The first-order chi connectivity index (χ1) is 28.3. The smallest absolute Gasteiger partial charge is 0.460 e. The first kappa shape index (κ1) is 62.6. The van der Waals surface area contributed by atoms with E-state index in [0.717, 1.165) is 0 Å². The highest BCUT2D eigenvalue weighted by molar-refractivity contribution is 5.70. The van der Waals surface area contributed by atoms with E-state index in [-0.39, 0.29) is 0 Å². The zero-order valence-corrected chi connectivity index (χ0v) is 30.4. The van der Waals surface area contributed by atoms with Crippen LogP contribution in [0.4, 0.5) is 149 Å². The summed E-state index contributed by atoms with van der Waals surface area (Å²) in [5.41, 5.74) is 0. The van der Waals surface area contributed by atoms with Crippen LogP contribution in [-0.4, -0.2) is 117 Å². The highest BCUT2D eigenvalue weighted by Crippen LogP contribution is 2.66. The maximum absolute atomic E-state index is 14.2. The third-order valence-corrected chi connectivity index (χ3v) is 9.24. The van der Waals surface area contributed by atoms with Gasteiger partial charge in [0.25, 0.3) is 0 Å². The first-order valence-electron chi connectivity index (χ1n) is 16.2. The van der Waals surface area contributed by atoms with Crippen molar-refractivity contribution in [3.8, 4) is 0 Å². The Kier molecular flexibility index (Phi) is 16.9. The number of halogens is 34. The summed E-state index contributed by atoms with van der Waals surface area (Å²) < 4.78 is 457. The molecule has 0 aromatic carbocycles. The molecule has 0 bridgehead atoms. The van der Waals surface area contributed by atoms with Crippen LogP contribution in [-0.2, 0) is 9.59 Å². The van der Waals surface area contributed by atoms with Gasteiger partial charge < -0.3 is 10.2 Å². The fraction of sp³-hybridized carbons (Fsp3) is 0.929. The molecule has 0 fully saturated rings. The van der Waals surface area contributed by atoms with Gasteiger partial charge in [-0.15, -0.1) is 0 Å². The average Bonchev–Trinajstić information content (AvgIpc) is 3.09. The van der Waals surface area contributed by atoms with Gasteiger partial charge in [-0.05, 0) is 25.7 Å². The second-order valence-electron chi connectivity index (χ2n) is 13.7. The third-order valence-electron chi connectivity index (χ3n) is 9.24. The molecule has 2 atom stereocenters. The van der Waals surface area contributed by atoms with Gasteiger partial charge in [-0.1, -0.05) is 12.8 Å². The van der Waals surface area contributed by atoms with Gasteiger partial charge in [0.1, 0.15) is 0 Å². The number of hydrogen-bond donors (Lipinski definition) is 2. The monoisotopic (exact) mass is 1070 g/mol. The minimum absolute atomic E-state index is 1.17. The van der Waals surface area contributed by atoms with Crippen molar-refractivity contribution in [2.45, 2.75) is 147 Å². The van der Waals surface area contributed by atoms with E-state index in [9.17, 15) is 159 Å². The lowest BCUT2D eigenvalue weighted by Gasteiger charge is -2.43. The number of hydrogen-bond acceptors (Lipinski definition) is 2. The Morgan fingerprint density at radius 2 is 0.439 bits per heavy atom. The molecule has 4 nitrogen and oxygen atoms in total. The van der Waals surface area contributed by atoms with E-state index in [2.05, 4.69) is 0 Å². The zero-order chi connectivity index (χ0) is 54.0. The summed E-state index contributed by atoms with van der Waals surface area (Å²) in [6.45, 7) is 0. The molecule has 0 saturated heterocycles. The zero-order valence-electron chi connectivity index (χ0n) is 30.4. The second-order valence-corrected chi connectivity index (χ2v) is 13.7. The van der Waals surface area contributed by atoms with Crippen molar-refractivity contribution in [1.29, 1.82) is 0 Å². The van der Waals surface area contributed by atoms with Crippen molar-refractivity contribution in [1.82, 2.24) is 0 Å². The number of unbranched alkanes of at least 4 members (excludes halogenated alkanes) is 1. The Morgan fingerprint density at radius 1 is 0.273 bits per heavy atom. The minimum atomic E-state index is -9.00. The molecule has 0 spiro atoms. The summed E-state index contributed by atoms with van der Waals surface area (Å²) >= 11 is 0. The molecule has 0 aromatic heterocycles. The van der Waals surface area contributed by atoms with Gasteiger partial charge >= 0.3 is 107 Å². The van der Waals surface area contributed by atoms with Gasteiger partial charge in [-0.2, -0.15) is 149 Å². The lowest BCUT2D eigenvalue weighted by atomic mass is 9.85. The van der Waals surface area contributed by atoms with Crippen LogP contribution in [0.1, 0.15) is 51.4 Å². The average molecular weight is 1070 g/mol. The number of aliphatic carboxylic acids is 2. The molecule has 38 heteroatoms. The van der Waals surface area contributed by atoms with Crippen LogP contribution in [0.25, 0.3) is 0 Å². The Morgan fingerprint density at radius 3 is 0.606 bits per heavy atom. The Bertz CT molecular complexity index is 1570. The van der Waals surface area contributed by atoms with Crippen molar-refractivity contribution in [2.75, 3.05) is 0 Å². The molecule has 394 valence electrons. The molecule has 2 unspecified atom stereocenters. The molecule has 0 aliphatic heterocycles. The summed E-state index contributed by atoms with van der Waals surface area (Å²) in [7, 11) is 0. The number of alkyl halides is 34. The molecule has 0 rings (SSSR count). The van der Waals surface area contributed by atoms with Crippen LogP contribution in [0, 0.1) is 11.8 Å². The van der Waals surface area contributed by atoms with E-state index in [1.54, 1.807) is 0 Å². The highest BCUT2D eigenvalue weighted by atomic mass is 19.4. The van der Waals surface area contributed by atoms with Crippen LogP contribution in [0.5, 0.6) is 0 Å². The molecule has 0 radical (unpaired) electrons. The van der Waals surface area contributed by atoms with Crippen molar-refractivity contribution >= 4 is 11.9 Å². The Labute approximate surface area is 340 Å². The molecule has 0 aromatic rings. The normalized spacial score (nSPS) is 16.9. The SMILES string of the molecule is O=C(O)C(CCCCC(CCC(F)(F)C(F)(F)C(F)(F)C(F)(F)C(F)(F)C(F)(F)C(F)(F)C(F)(F)F)C(=O)O)CCC(F)(F)C(F)(F)C(F)(F)C(F)(F)C(F)(F)C(F)(F)C(F)(F)C(F)(F)F. The fourth-order valence-electron chi connectivity index (χ4n) is 4.98. The van der Waals surface area contributed by atoms with Crippen LogP contribution in [0.2, 0.25) is 0 Å². The molecule has 66 heavy (non-hydrogen) atoms. The largest absolute Gasteiger partial charge is 0.481 e. The molecule has 0 amide bonds. The molecule has 0 heterocycles. The molecule has 0 saturated carbocycles. The number of carboxylic acid groups (broad SMARTS) is 2. The van der Waals surface area contributed by atoms with Crippen molar-refractivity contribution < 1.29 is 169 Å². The third kappa shape index (κ3) is 9.60. The molecular formula is C28H20F34O4. The van der Waals surface area contributed by atoms with E-state index in [0.29, 0.717) is 0 Å². The topological polar surface area (TPSA) is 74.6 Å². The standard InChI is InChI=1S/C28H20F34O4/c29-13(30,15(33,34)17(37,38)19(41,42)21(45,46)23(49,50)25(53,54)27(57,58)59)7-5-9(11(63)64)3-1-2-4-10(12(65)66)6-8-14(31,32)16(35,36)18(39,40)20(43,44)22(47,48)24(51,52)26(55,56)28(60,61)62/h9-10H,1-8H2,(H,63,64)(H,65,66). The number of carboxylic acids is 2. The summed E-state index contributed by atoms with van der Waals surface area (Å²) in [5, 5.41) is 18.1. The minimum Gasteiger partial charge on any atom is -0.481 e. The number of rotatable bonds is 25. The highest BCUT2D eigenvalue weighted by Gasteiger charge is 2.97. The van der Waals surface area contributed by atoms with E-state index >= 15 is 0 Å². The predicted octanol–water partition coefficient (Wildman–Crippen LogP) is 13.5. The van der Waals surface area contributed by atoms with Crippen molar-refractivity contribution in [2.24, 2.45) is 11.8 Å². The van der Waals surface area contributed by atoms with Gasteiger partial charge in [-0.3, -0.25) is 9.59 Å².